The number of anilines is 2. The summed E-state index contributed by atoms with van der Waals surface area (Å²) in [5.74, 6) is 1.04. The van der Waals surface area contributed by atoms with Crippen molar-refractivity contribution in [3.63, 3.8) is 0 Å². The van der Waals surface area contributed by atoms with Crippen LogP contribution in [0.2, 0.25) is 0 Å². The van der Waals surface area contributed by atoms with Crippen LogP contribution < -0.4 is 10.2 Å². The zero-order valence-corrected chi connectivity index (χ0v) is 13.3. The minimum absolute atomic E-state index is 0.0415. The van der Waals surface area contributed by atoms with Gasteiger partial charge in [-0.1, -0.05) is 0 Å². The molecule has 0 aliphatic carbocycles. The molecule has 0 radical (unpaired) electrons. The Kier molecular flexibility index (Phi) is 4.74. The number of halogens is 3. The highest BCUT2D eigenvalue weighted by molar-refractivity contribution is 5.52. The standard InChI is InChI=1S/C17H16F3N5/c18-17(19,20)13-5-6-15(23-10-13)25-8-2-4-14(11-25)24-16-12(9-21)3-1-7-22-16/h1,3,5-7,10,14H,2,4,8,11H2,(H,22,24)/t14-/m0/s1. The maximum absolute atomic E-state index is 12.6. The zero-order chi connectivity index (χ0) is 17.9. The first-order chi connectivity index (χ1) is 12.0. The third-order valence-corrected chi connectivity index (χ3v) is 4.09. The molecule has 0 saturated carbocycles. The number of hydrogen-bond acceptors (Lipinski definition) is 5. The predicted molar refractivity (Wildman–Crippen MR) is 87.0 cm³/mol. The molecule has 0 unspecified atom stereocenters. The number of nitriles is 1. The Bertz CT molecular complexity index is 767. The van der Waals surface area contributed by atoms with E-state index in [4.69, 9.17) is 5.26 Å². The van der Waals surface area contributed by atoms with Crippen molar-refractivity contribution in [3.05, 3.63) is 47.8 Å². The number of alkyl halides is 3. The Morgan fingerprint density at radius 2 is 2.08 bits per heavy atom. The van der Waals surface area contributed by atoms with Gasteiger partial charge >= 0.3 is 6.18 Å². The van der Waals surface area contributed by atoms with E-state index < -0.39 is 11.7 Å². The molecule has 1 atom stereocenters. The lowest BCUT2D eigenvalue weighted by Gasteiger charge is -2.34. The number of piperidine rings is 1. The molecule has 0 spiro atoms. The third-order valence-electron chi connectivity index (χ3n) is 4.09. The molecule has 25 heavy (non-hydrogen) atoms. The van der Waals surface area contributed by atoms with E-state index in [1.165, 1.54) is 6.07 Å². The molecule has 1 N–H and O–H groups in total. The molecule has 8 heteroatoms. The second kappa shape index (κ2) is 6.97. The van der Waals surface area contributed by atoms with E-state index in [-0.39, 0.29) is 6.04 Å². The molecule has 2 aromatic heterocycles. The summed E-state index contributed by atoms with van der Waals surface area (Å²) in [5.41, 5.74) is -0.289. The molecular formula is C17H16F3N5. The van der Waals surface area contributed by atoms with Crippen LogP contribution in [0.4, 0.5) is 24.8 Å². The maximum Gasteiger partial charge on any atom is 0.417 e. The first-order valence-corrected chi connectivity index (χ1v) is 7.87. The number of nitrogens with one attached hydrogen (secondary N) is 1. The molecule has 1 aliphatic rings. The quantitative estimate of drug-likeness (QED) is 0.921. The van der Waals surface area contributed by atoms with Gasteiger partial charge in [0.05, 0.1) is 11.1 Å². The van der Waals surface area contributed by atoms with Gasteiger partial charge < -0.3 is 10.2 Å². The molecule has 3 heterocycles. The molecule has 3 rings (SSSR count). The summed E-state index contributed by atoms with van der Waals surface area (Å²) in [6.45, 7) is 1.31. The Morgan fingerprint density at radius 3 is 2.76 bits per heavy atom. The van der Waals surface area contributed by atoms with E-state index in [1.54, 1.807) is 18.3 Å². The topological polar surface area (TPSA) is 64.8 Å². The van der Waals surface area contributed by atoms with Crippen LogP contribution in [0.15, 0.2) is 36.7 Å². The fourth-order valence-corrected chi connectivity index (χ4v) is 2.85. The molecule has 1 saturated heterocycles. The summed E-state index contributed by atoms with van der Waals surface area (Å²) in [5, 5.41) is 12.4. The summed E-state index contributed by atoms with van der Waals surface area (Å²) in [7, 11) is 0. The van der Waals surface area contributed by atoms with Crippen LogP contribution in [0, 0.1) is 11.3 Å². The van der Waals surface area contributed by atoms with Gasteiger partial charge in [0.1, 0.15) is 17.7 Å². The van der Waals surface area contributed by atoms with Crippen LogP contribution in [0.3, 0.4) is 0 Å². The molecule has 130 valence electrons. The van der Waals surface area contributed by atoms with E-state index in [9.17, 15) is 13.2 Å². The fraction of sp³-hybridized carbons (Fsp3) is 0.353. The second-order valence-corrected chi connectivity index (χ2v) is 5.84. The highest BCUT2D eigenvalue weighted by Gasteiger charge is 2.31. The van der Waals surface area contributed by atoms with Crippen LogP contribution in [0.1, 0.15) is 24.0 Å². The maximum atomic E-state index is 12.6. The Balaban J connectivity index is 1.70. The highest BCUT2D eigenvalue weighted by atomic mass is 19.4. The number of nitrogens with zero attached hydrogens (tertiary/aromatic N) is 4. The van der Waals surface area contributed by atoms with Crippen molar-refractivity contribution in [3.8, 4) is 6.07 Å². The second-order valence-electron chi connectivity index (χ2n) is 5.84. The summed E-state index contributed by atoms with van der Waals surface area (Å²) in [6, 6.07) is 7.96. The molecule has 2 aromatic rings. The van der Waals surface area contributed by atoms with Crippen LogP contribution in [0.25, 0.3) is 0 Å². The molecule has 1 fully saturated rings. The van der Waals surface area contributed by atoms with Crippen molar-refractivity contribution < 1.29 is 13.2 Å². The third kappa shape index (κ3) is 3.99. The molecule has 1 aliphatic heterocycles. The van der Waals surface area contributed by atoms with Crippen molar-refractivity contribution in [1.82, 2.24) is 9.97 Å². The van der Waals surface area contributed by atoms with Crippen LogP contribution in [0.5, 0.6) is 0 Å². The Labute approximate surface area is 143 Å². The van der Waals surface area contributed by atoms with Gasteiger partial charge in [0, 0.05) is 31.5 Å². The van der Waals surface area contributed by atoms with Gasteiger partial charge in [0.15, 0.2) is 0 Å². The van der Waals surface area contributed by atoms with Crippen LogP contribution in [-0.2, 0) is 6.18 Å². The van der Waals surface area contributed by atoms with Crippen molar-refractivity contribution >= 4 is 11.6 Å². The minimum atomic E-state index is -4.38. The van der Waals surface area contributed by atoms with E-state index in [2.05, 4.69) is 21.4 Å². The average Bonchev–Trinajstić information content (AvgIpc) is 2.62. The van der Waals surface area contributed by atoms with Gasteiger partial charge in [0.2, 0.25) is 0 Å². The monoisotopic (exact) mass is 347 g/mol. The van der Waals surface area contributed by atoms with Gasteiger partial charge in [-0.2, -0.15) is 18.4 Å². The minimum Gasteiger partial charge on any atom is -0.364 e. The predicted octanol–water partition coefficient (Wildman–Crippen LogP) is 3.45. The van der Waals surface area contributed by atoms with Gasteiger partial charge in [0.25, 0.3) is 0 Å². The zero-order valence-electron chi connectivity index (χ0n) is 13.3. The van der Waals surface area contributed by atoms with Crippen molar-refractivity contribution in [2.24, 2.45) is 0 Å². The lowest BCUT2D eigenvalue weighted by Crippen LogP contribution is -2.42. The van der Waals surface area contributed by atoms with Crippen molar-refractivity contribution in [2.75, 3.05) is 23.3 Å². The summed E-state index contributed by atoms with van der Waals surface area (Å²) in [6.07, 6.45) is -0.155. The number of rotatable bonds is 3. The van der Waals surface area contributed by atoms with E-state index in [1.807, 2.05) is 4.90 Å². The number of hydrogen-bond donors (Lipinski definition) is 1. The molecule has 0 bridgehead atoms. The van der Waals surface area contributed by atoms with Crippen LogP contribution in [-0.4, -0.2) is 29.1 Å². The Morgan fingerprint density at radius 1 is 1.24 bits per heavy atom. The first-order valence-electron chi connectivity index (χ1n) is 7.87. The van der Waals surface area contributed by atoms with E-state index in [0.29, 0.717) is 23.7 Å². The van der Waals surface area contributed by atoms with E-state index >= 15 is 0 Å². The number of aromatic nitrogens is 2. The highest BCUT2D eigenvalue weighted by Crippen LogP contribution is 2.30. The van der Waals surface area contributed by atoms with Crippen LogP contribution >= 0.6 is 0 Å². The van der Waals surface area contributed by atoms with Crippen molar-refractivity contribution in [2.45, 2.75) is 25.1 Å². The van der Waals surface area contributed by atoms with Gasteiger partial charge in [-0.3, -0.25) is 0 Å². The largest absolute Gasteiger partial charge is 0.417 e. The summed E-state index contributed by atoms with van der Waals surface area (Å²) < 4.78 is 37.9. The van der Waals surface area contributed by atoms with Crippen molar-refractivity contribution in [1.29, 1.82) is 5.26 Å². The van der Waals surface area contributed by atoms with E-state index in [0.717, 1.165) is 31.6 Å². The first kappa shape index (κ1) is 17.0. The molecule has 5 nitrogen and oxygen atoms in total. The smallest absolute Gasteiger partial charge is 0.364 e. The normalized spacial score (nSPS) is 17.8. The average molecular weight is 347 g/mol. The Hall–Kier alpha value is -2.82. The van der Waals surface area contributed by atoms with Gasteiger partial charge in [-0.15, -0.1) is 0 Å². The molecular weight excluding hydrogens is 331 g/mol. The SMILES string of the molecule is N#Cc1cccnc1N[C@H]1CCCN(c2ccc(C(F)(F)F)cn2)C1. The van der Waals surface area contributed by atoms with Gasteiger partial charge in [-0.05, 0) is 37.1 Å². The lowest BCUT2D eigenvalue weighted by molar-refractivity contribution is -0.137. The fourth-order valence-electron chi connectivity index (χ4n) is 2.85. The lowest BCUT2D eigenvalue weighted by atomic mass is 10.1. The summed E-state index contributed by atoms with van der Waals surface area (Å²) in [4.78, 5) is 10.1. The molecule has 0 amide bonds. The number of pyridine rings is 2. The summed E-state index contributed by atoms with van der Waals surface area (Å²) >= 11 is 0. The van der Waals surface area contributed by atoms with Gasteiger partial charge in [-0.25, -0.2) is 9.97 Å². The molecule has 0 aromatic carbocycles.